The molecule has 7 heteroatoms. The summed E-state index contributed by atoms with van der Waals surface area (Å²) in [6, 6.07) is 21.0. The lowest BCUT2D eigenvalue weighted by Gasteiger charge is -2.29. The first-order chi connectivity index (χ1) is 18.3. The zero-order valence-corrected chi connectivity index (χ0v) is 20.9. The van der Waals surface area contributed by atoms with Crippen LogP contribution in [0.1, 0.15) is 59.1 Å². The van der Waals surface area contributed by atoms with Gasteiger partial charge in [0.25, 0.3) is 5.91 Å². The highest BCUT2D eigenvalue weighted by Crippen LogP contribution is 2.35. The van der Waals surface area contributed by atoms with Gasteiger partial charge in [-0.15, -0.1) is 0 Å². The third-order valence-corrected chi connectivity index (χ3v) is 7.39. The van der Waals surface area contributed by atoms with Crippen LogP contribution in [0.25, 0.3) is 5.57 Å². The largest absolute Gasteiger partial charge is 0.416 e. The predicted molar refractivity (Wildman–Crippen MR) is 141 cm³/mol. The lowest BCUT2D eigenvalue weighted by atomic mass is 9.86. The smallest absolute Gasteiger partial charge is 0.322 e. The fourth-order valence-corrected chi connectivity index (χ4v) is 5.37. The Labute approximate surface area is 220 Å². The molecule has 1 amide bonds. The molecule has 5 rings (SSSR count). The minimum absolute atomic E-state index is 0.190. The highest BCUT2D eigenvalue weighted by Gasteiger charge is 2.30. The van der Waals surface area contributed by atoms with Crippen molar-refractivity contribution in [2.24, 2.45) is 0 Å². The van der Waals surface area contributed by atoms with Crippen LogP contribution in [-0.4, -0.2) is 17.4 Å². The Balaban J connectivity index is 1.30. The van der Waals surface area contributed by atoms with Crippen molar-refractivity contribution in [1.82, 2.24) is 4.90 Å². The minimum Gasteiger partial charge on any atom is -0.322 e. The first-order valence-electron chi connectivity index (χ1n) is 12.8. The van der Waals surface area contributed by atoms with E-state index in [0.717, 1.165) is 61.3 Å². The number of nitrogens with zero attached hydrogens (tertiary/aromatic N) is 2. The van der Waals surface area contributed by atoms with E-state index in [9.17, 15) is 23.2 Å². The zero-order chi connectivity index (χ0) is 26.7. The van der Waals surface area contributed by atoms with Crippen molar-refractivity contribution in [2.45, 2.75) is 51.4 Å². The number of nitriles is 1. The number of hydrogen-bond acceptors (Lipinski definition) is 3. The maximum atomic E-state index is 13.3. The summed E-state index contributed by atoms with van der Waals surface area (Å²) < 4.78 is 39.0. The lowest BCUT2D eigenvalue weighted by Crippen LogP contribution is -2.30. The van der Waals surface area contributed by atoms with E-state index >= 15 is 0 Å². The van der Waals surface area contributed by atoms with E-state index in [-0.39, 0.29) is 5.91 Å². The van der Waals surface area contributed by atoms with Crippen molar-refractivity contribution in [2.75, 3.05) is 11.9 Å². The number of nitrogens with one attached hydrogen (secondary N) is 1. The van der Waals surface area contributed by atoms with E-state index in [1.165, 1.54) is 23.3 Å². The molecule has 0 spiro atoms. The minimum atomic E-state index is -4.38. The molecule has 4 nitrogen and oxygen atoms in total. The first-order valence-corrected chi connectivity index (χ1v) is 12.8. The normalized spacial score (nSPS) is 16.1. The number of halogens is 3. The fourth-order valence-electron chi connectivity index (χ4n) is 5.37. The molecule has 1 aliphatic carbocycles. The van der Waals surface area contributed by atoms with Crippen molar-refractivity contribution >= 4 is 17.2 Å². The summed E-state index contributed by atoms with van der Waals surface area (Å²) in [7, 11) is 0. The first kappa shape index (κ1) is 25.7. The zero-order valence-electron chi connectivity index (χ0n) is 20.9. The molecule has 1 N–H and O–H groups in total. The number of fused-ring (bicyclic) bond motifs is 1. The standard InChI is InChI=1S/C31H28F3N3O/c32-31(33,34)26-12-9-21(10-13-26)28-7-3-4-8-29(28)30(38)36-27-14-11-25-20-37(16-15-22(25)17-27)19-24-6-2-1-5-23(24)18-35/h1-2,5-6,9-14,17H,3-4,7-8,15-16,19-20H2,(H,36,38). The molecule has 1 heterocycles. The number of anilines is 1. The summed E-state index contributed by atoms with van der Waals surface area (Å²) in [4.78, 5) is 15.6. The molecule has 3 aromatic carbocycles. The predicted octanol–water partition coefficient (Wildman–Crippen LogP) is 7.10. The molecule has 3 aromatic rings. The van der Waals surface area contributed by atoms with Crippen molar-refractivity contribution < 1.29 is 18.0 Å². The van der Waals surface area contributed by atoms with Crippen LogP contribution in [0.5, 0.6) is 0 Å². The molecule has 0 atom stereocenters. The van der Waals surface area contributed by atoms with Crippen LogP contribution < -0.4 is 5.32 Å². The van der Waals surface area contributed by atoms with Crippen molar-refractivity contribution in [3.05, 3.63) is 106 Å². The SMILES string of the molecule is N#Cc1ccccc1CN1CCc2cc(NC(=O)C3=C(c4ccc(C(F)(F)F)cc4)CCCC3)ccc2C1. The molecular formula is C31H28F3N3O. The average Bonchev–Trinajstić information content (AvgIpc) is 2.93. The Morgan fingerprint density at radius 1 is 0.947 bits per heavy atom. The Morgan fingerprint density at radius 2 is 1.71 bits per heavy atom. The number of allylic oxidation sites excluding steroid dienone is 1. The number of alkyl halides is 3. The molecule has 0 radical (unpaired) electrons. The van der Waals surface area contributed by atoms with Gasteiger partial charge in [0.15, 0.2) is 0 Å². The highest BCUT2D eigenvalue weighted by molar-refractivity contribution is 6.09. The quantitative estimate of drug-likeness (QED) is 0.394. The molecule has 0 unspecified atom stereocenters. The molecule has 0 aromatic heterocycles. The molecule has 2 aliphatic rings. The summed E-state index contributed by atoms with van der Waals surface area (Å²) in [5.74, 6) is -0.190. The molecule has 38 heavy (non-hydrogen) atoms. The number of carbonyl (C=O) groups excluding carboxylic acids is 1. The Kier molecular flexibility index (Phi) is 7.35. The van der Waals surface area contributed by atoms with Gasteiger partial charge in [0.1, 0.15) is 0 Å². The van der Waals surface area contributed by atoms with E-state index in [4.69, 9.17) is 0 Å². The Hall–Kier alpha value is -3.89. The summed E-state index contributed by atoms with van der Waals surface area (Å²) >= 11 is 0. The monoisotopic (exact) mass is 515 g/mol. The van der Waals surface area contributed by atoms with Crippen LogP contribution >= 0.6 is 0 Å². The van der Waals surface area contributed by atoms with Gasteiger partial charge in [0, 0.05) is 30.9 Å². The van der Waals surface area contributed by atoms with E-state index in [1.54, 1.807) is 0 Å². The molecule has 0 saturated carbocycles. The number of amides is 1. The maximum Gasteiger partial charge on any atom is 0.416 e. The van der Waals surface area contributed by atoms with Gasteiger partial charge in [-0.3, -0.25) is 9.69 Å². The second-order valence-electron chi connectivity index (χ2n) is 9.91. The number of benzene rings is 3. The van der Waals surface area contributed by atoms with E-state index in [2.05, 4.69) is 16.3 Å². The summed E-state index contributed by atoms with van der Waals surface area (Å²) in [5, 5.41) is 12.4. The van der Waals surface area contributed by atoms with Crippen molar-refractivity contribution in [1.29, 1.82) is 5.26 Å². The Bertz CT molecular complexity index is 1420. The summed E-state index contributed by atoms with van der Waals surface area (Å²) in [5.41, 5.74) is 6.29. The van der Waals surface area contributed by atoms with Gasteiger partial charge in [0.2, 0.25) is 0 Å². The van der Waals surface area contributed by atoms with E-state index < -0.39 is 11.7 Å². The van der Waals surface area contributed by atoms with Crippen LogP contribution in [-0.2, 0) is 30.5 Å². The lowest BCUT2D eigenvalue weighted by molar-refractivity contribution is -0.137. The van der Waals surface area contributed by atoms with Crippen LogP contribution in [0.15, 0.2) is 72.3 Å². The molecule has 194 valence electrons. The number of rotatable bonds is 5. The van der Waals surface area contributed by atoms with Crippen molar-refractivity contribution in [3.63, 3.8) is 0 Å². The van der Waals surface area contributed by atoms with Crippen LogP contribution in [0.3, 0.4) is 0 Å². The van der Waals surface area contributed by atoms with Gasteiger partial charge >= 0.3 is 6.18 Å². The number of carbonyl (C=O) groups is 1. The van der Waals surface area contributed by atoms with Crippen LogP contribution in [0.4, 0.5) is 18.9 Å². The van der Waals surface area contributed by atoms with Gasteiger partial charge in [-0.05, 0) is 90.3 Å². The van der Waals surface area contributed by atoms with Gasteiger partial charge in [-0.25, -0.2) is 0 Å². The van der Waals surface area contributed by atoms with Gasteiger partial charge < -0.3 is 5.32 Å². The topological polar surface area (TPSA) is 56.1 Å². The Morgan fingerprint density at radius 3 is 2.47 bits per heavy atom. The van der Waals surface area contributed by atoms with Crippen molar-refractivity contribution in [3.8, 4) is 6.07 Å². The van der Waals surface area contributed by atoms with Gasteiger partial charge in [-0.2, -0.15) is 18.4 Å². The van der Waals surface area contributed by atoms with Gasteiger partial charge in [-0.1, -0.05) is 36.4 Å². The molecule has 0 saturated heterocycles. The van der Waals surface area contributed by atoms with Crippen LogP contribution in [0, 0.1) is 11.3 Å². The van der Waals surface area contributed by atoms with E-state index in [0.29, 0.717) is 36.1 Å². The van der Waals surface area contributed by atoms with E-state index in [1.807, 2.05) is 42.5 Å². The second kappa shape index (κ2) is 10.8. The second-order valence-corrected chi connectivity index (χ2v) is 9.91. The maximum absolute atomic E-state index is 13.3. The molecule has 1 aliphatic heterocycles. The fraction of sp³-hybridized carbons (Fsp3) is 0.290. The highest BCUT2D eigenvalue weighted by atomic mass is 19.4. The molecular weight excluding hydrogens is 487 g/mol. The summed E-state index contributed by atoms with van der Waals surface area (Å²) in [6.07, 6.45) is -0.490. The molecule has 0 bridgehead atoms. The third kappa shape index (κ3) is 5.66. The summed E-state index contributed by atoms with van der Waals surface area (Å²) in [6.45, 7) is 2.34. The third-order valence-electron chi connectivity index (χ3n) is 7.39. The average molecular weight is 516 g/mol. The molecule has 0 fully saturated rings. The van der Waals surface area contributed by atoms with Gasteiger partial charge in [0.05, 0.1) is 17.2 Å². The number of hydrogen-bond donors (Lipinski definition) is 1. The van der Waals surface area contributed by atoms with Crippen LogP contribution in [0.2, 0.25) is 0 Å².